The highest BCUT2D eigenvalue weighted by Gasteiger charge is 2.28. The Morgan fingerprint density at radius 2 is 2.08 bits per heavy atom. The molecule has 0 spiro atoms. The van der Waals surface area contributed by atoms with Gasteiger partial charge in [0, 0.05) is 42.9 Å². The molecule has 4 rings (SSSR count). The van der Waals surface area contributed by atoms with Crippen LogP contribution in [0, 0.1) is 29.1 Å². The van der Waals surface area contributed by atoms with Gasteiger partial charge in [0.1, 0.15) is 16.8 Å². The fraction of sp³-hybridized carbons (Fsp3) is 0.500. The van der Waals surface area contributed by atoms with Gasteiger partial charge in [-0.15, -0.1) is 11.3 Å². The molecule has 1 aliphatic heterocycles. The Kier molecular flexibility index (Phi) is 10.2. The maximum Gasteiger partial charge on any atom is 0.269 e. The Hall–Kier alpha value is -3.39. The van der Waals surface area contributed by atoms with Gasteiger partial charge in [0.05, 0.1) is 22.6 Å². The molecule has 1 amide bonds. The number of aromatic nitrogens is 3. The number of rotatable bonds is 11. The number of nitrogens with zero attached hydrogens (tertiary/aromatic N) is 5. The van der Waals surface area contributed by atoms with Gasteiger partial charge in [-0.3, -0.25) is 14.7 Å². The molecule has 40 heavy (non-hydrogen) atoms. The minimum absolute atomic E-state index is 0.0643. The highest BCUT2D eigenvalue weighted by molar-refractivity contribution is 7.14. The van der Waals surface area contributed by atoms with Gasteiger partial charge in [-0.1, -0.05) is 33.3 Å². The monoisotopic (exact) mass is 561 g/mol. The zero-order chi connectivity index (χ0) is 28.6. The number of piperidine rings is 1. The van der Waals surface area contributed by atoms with Gasteiger partial charge in [0.15, 0.2) is 0 Å². The first-order valence-corrected chi connectivity index (χ1v) is 14.8. The number of aliphatic hydroxyl groups is 1. The van der Waals surface area contributed by atoms with Crippen molar-refractivity contribution < 1.29 is 9.90 Å². The van der Waals surface area contributed by atoms with Crippen molar-refractivity contribution in [3.8, 4) is 16.8 Å². The van der Waals surface area contributed by atoms with Crippen LogP contribution in [0.4, 0.5) is 5.69 Å². The highest BCUT2D eigenvalue weighted by atomic mass is 32.1. The highest BCUT2D eigenvalue weighted by Crippen LogP contribution is 2.34. The Morgan fingerprint density at radius 1 is 1.30 bits per heavy atom. The Morgan fingerprint density at radius 3 is 2.73 bits per heavy atom. The first kappa shape index (κ1) is 29.6. The smallest absolute Gasteiger partial charge is 0.269 e. The molecule has 4 heterocycles. The number of thiazole rings is 1. The average Bonchev–Trinajstić information content (AvgIpc) is 3.45. The second kappa shape index (κ2) is 13.8. The zero-order valence-electron chi connectivity index (χ0n) is 23.5. The number of nitrogens with two attached hydrogens (primary N) is 1. The summed E-state index contributed by atoms with van der Waals surface area (Å²) in [6.45, 7) is 9.48. The van der Waals surface area contributed by atoms with E-state index >= 15 is 0 Å². The van der Waals surface area contributed by atoms with Gasteiger partial charge in [-0.05, 0) is 61.9 Å². The lowest BCUT2D eigenvalue weighted by Gasteiger charge is -2.31. The van der Waals surface area contributed by atoms with Crippen molar-refractivity contribution in [1.82, 2.24) is 25.2 Å². The van der Waals surface area contributed by atoms with Crippen LogP contribution in [-0.2, 0) is 6.54 Å². The number of nitrogen functional groups attached to an aromatic ring is 1. The Labute approximate surface area is 240 Å². The number of hydrogen-bond acceptors (Lipinski definition) is 9. The molecule has 212 valence electrons. The van der Waals surface area contributed by atoms with Crippen LogP contribution in [0.15, 0.2) is 36.7 Å². The maximum atomic E-state index is 13.1. The Bertz CT molecular complexity index is 1310. The lowest BCUT2D eigenvalue weighted by Crippen LogP contribution is -2.38. The van der Waals surface area contributed by atoms with Crippen LogP contribution >= 0.6 is 11.3 Å². The molecular formula is C30H39N7O2S. The summed E-state index contributed by atoms with van der Waals surface area (Å²) < 4.78 is 0. The van der Waals surface area contributed by atoms with E-state index in [1.54, 1.807) is 17.5 Å². The lowest BCUT2D eigenvalue weighted by molar-refractivity contribution is 0.0929. The van der Waals surface area contributed by atoms with Crippen LogP contribution in [0.2, 0.25) is 0 Å². The van der Waals surface area contributed by atoms with Gasteiger partial charge in [-0.25, -0.2) is 9.97 Å². The number of anilines is 1. The number of nitrogens with one attached hydrogen (secondary N) is 1. The van der Waals surface area contributed by atoms with Crippen molar-refractivity contribution in [1.29, 1.82) is 5.26 Å². The largest absolute Gasteiger partial charge is 0.398 e. The van der Waals surface area contributed by atoms with Gasteiger partial charge in [-0.2, -0.15) is 5.26 Å². The van der Waals surface area contributed by atoms with E-state index in [9.17, 15) is 15.2 Å². The SMILES string of the molecule is CCC(CO)C(C)C(C)c1nc(C(=O)NCC2CCN(Cc3cnc(-c4ccccn4)s3)CC2)cc(N)c1C#N. The molecule has 1 fully saturated rings. The first-order valence-electron chi connectivity index (χ1n) is 14.0. The number of carbonyl (C=O) groups excluding carboxylic acids is 1. The predicted molar refractivity (Wildman–Crippen MR) is 157 cm³/mol. The van der Waals surface area contributed by atoms with Crippen LogP contribution in [0.1, 0.15) is 72.6 Å². The number of carbonyl (C=O) groups is 1. The molecule has 3 aromatic heterocycles. The van der Waals surface area contributed by atoms with Crippen molar-refractivity contribution in [2.45, 2.75) is 52.5 Å². The normalized spacial score (nSPS) is 16.7. The summed E-state index contributed by atoms with van der Waals surface area (Å²) in [6, 6.07) is 9.51. The van der Waals surface area contributed by atoms with Crippen LogP contribution in [0.25, 0.3) is 10.7 Å². The van der Waals surface area contributed by atoms with E-state index in [2.05, 4.69) is 31.2 Å². The number of hydrogen-bond donors (Lipinski definition) is 3. The summed E-state index contributed by atoms with van der Waals surface area (Å²) in [5.41, 5.74) is 8.42. The summed E-state index contributed by atoms with van der Waals surface area (Å²) in [7, 11) is 0. The number of likely N-dealkylation sites (tertiary alicyclic amines) is 1. The quantitative estimate of drug-likeness (QED) is 0.312. The molecule has 0 radical (unpaired) electrons. The summed E-state index contributed by atoms with van der Waals surface area (Å²) in [4.78, 5) is 30.3. The second-order valence-electron chi connectivity index (χ2n) is 10.7. The minimum atomic E-state index is -0.277. The summed E-state index contributed by atoms with van der Waals surface area (Å²) >= 11 is 1.68. The molecule has 4 N–H and O–H groups in total. The number of aliphatic hydroxyl groups excluding tert-OH is 1. The van der Waals surface area contributed by atoms with Gasteiger partial charge in [0.2, 0.25) is 0 Å². The van der Waals surface area contributed by atoms with E-state index in [-0.39, 0.29) is 41.6 Å². The van der Waals surface area contributed by atoms with Gasteiger partial charge < -0.3 is 16.2 Å². The minimum Gasteiger partial charge on any atom is -0.398 e. The molecule has 1 aliphatic rings. The topological polar surface area (TPSA) is 141 Å². The van der Waals surface area contributed by atoms with Crippen molar-refractivity contribution in [3.63, 3.8) is 0 Å². The van der Waals surface area contributed by atoms with E-state index < -0.39 is 0 Å². The molecule has 1 saturated heterocycles. The van der Waals surface area contributed by atoms with Crippen molar-refractivity contribution in [2.75, 3.05) is 32.0 Å². The Balaban J connectivity index is 1.31. The molecule has 9 nitrogen and oxygen atoms in total. The average molecular weight is 562 g/mol. The number of pyridine rings is 2. The molecule has 3 atom stereocenters. The third kappa shape index (κ3) is 7.02. The summed E-state index contributed by atoms with van der Waals surface area (Å²) in [5.74, 6) is 0.121. The lowest BCUT2D eigenvalue weighted by atomic mass is 9.80. The van der Waals surface area contributed by atoms with Crippen LogP contribution in [0.3, 0.4) is 0 Å². The molecular weight excluding hydrogens is 522 g/mol. The van der Waals surface area contributed by atoms with Crippen LogP contribution in [-0.4, -0.2) is 57.1 Å². The molecule has 3 aromatic rings. The third-order valence-electron chi connectivity index (χ3n) is 8.22. The zero-order valence-corrected chi connectivity index (χ0v) is 24.3. The predicted octanol–water partition coefficient (Wildman–Crippen LogP) is 4.45. The number of amides is 1. The van der Waals surface area contributed by atoms with Crippen molar-refractivity contribution >= 4 is 22.9 Å². The maximum absolute atomic E-state index is 13.1. The molecule has 0 aliphatic carbocycles. The van der Waals surface area contributed by atoms with E-state index in [0.29, 0.717) is 23.7 Å². The molecule has 0 aromatic carbocycles. The molecule has 0 saturated carbocycles. The second-order valence-corrected chi connectivity index (χ2v) is 11.9. The molecule has 3 unspecified atom stereocenters. The van der Waals surface area contributed by atoms with E-state index in [0.717, 1.165) is 49.6 Å². The van der Waals surface area contributed by atoms with Gasteiger partial charge >= 0.3 is 0 Å². The number of nitriles is 1. The first-order chi connectivity index (χ1) is 19.3. The fourth-order valence-electron chi connectivity index (χ4n) is 5.36. The summed E-state index contributed by atoms with van der Waals surface area (Å²) in [5, 5.41) is 23.5. The molecule has 0 bridgehead atoms. The fourth-order valence-corrected chi connectivity index (χ4v) is 6.29. The van der Waals surface area contributed by atoms with E-state index in [1.165, 1.54) is 10.9 Å². The molecule has 10 heteroatoms. The van der Waals surface area contributed by atoms with Gasteiger partial charge in [0.25, 0.3) is 5.91 Å². The standard InChI is InChI=1S/C30H39N7O2S/c1-4-22(18-38)19(2)20(3)28-24(14-31)25(32)13-27(36-28)29(39)34-15-21-8-11-37(12-9-21)17-23-16-35-30(40-23)26-7-5-6-10-33-26/h5-7,10,13,16,19-22,38H,4,8-9,11-12,15,17-18H2,1-3H3,(H2,32,36)(H,34,39). The third-order valence-corrected chi connectivity index (χ3v) is 9.22. The van der Waals surface area contributed by atoms with E-state index in [4.69, 9.17) is 5.73 Å². The van der Waals surface area contributed by atoms with Crippen LogP contribution < -0.4 is 11.1 Å². The van der Waals surface area contributed by atoms with E-state index in [1.807, 2.05) is 45.2 Å². The summed E-state index contributed by atoms with van der Waals surface area (Å²) in [6.07, 6.45) is 6.53. The van der Waals surface area contributed by atoms with Crippen LogP contribution in [0.5, 0.6) is 0 Å². The van der Waals surface area contributed by atoms with Crippen molar-refractivity contribution in [3.05, 3.63) is 58.5 Å². The van der Waals surface area contributed by atoms with Crippen molar-refractivity contribution in [2.24, 2.45) is 17.8 Å².